The zero-order valence-corrected chi connectivity index (χ0v) is 20.5. The summed E-state index contributed by atoms with van der Waals surface area (Å²) in [6.45, 7) is 6.72. The van der Waals surface area contributed by atoms with Crippen molar-refractivity contribution in [1.29, 1.82) is 0 Å². The first kappa shape index (κ1) is 24.2. The van der Waals surface area contributed by atoms with E-state index in [0.29, 0.717) is 27.8 Å². The van der Waals surface area contributed by atoms with E-state index >= 15 is 4.39 Å². The quantitative estimate of drug-likeness (QED) is 0.424. The van der Waals surface area contributed by atoms with Crippen LogP contribution in [0, 0.1) is 6.92 Å². The summed E-state index contributed by atoms with van der Waals surface area (Å²) in [5.41, 5.74) is 1.23. The molecule has 0 spiro atoms. The molecule has 0 unspecified atom stereocenters. The highest BCUT2D eigenvalue weighted by atomic mass is 35.5. The van der Waals surface area contributed by atoms with Gasteiger partial charge in [0.05, 0.1) is 25.8 Å². The summed E-state index contributed by atoms with van der Waals surface area (Å²) in [7, 11) is 1.60. The van der Waals surface area contributed by atoms with Gasteiger partial charge in [0.2, 0.25) is 0 Å². The number of aromatic nitrogens is 3. The highest BCUT2D eigenvalue weighted by Crippen LogP contribution is 2.44. The molecule has 9 heteroatoms. The SMILES string of the molecule is CCOC(=O)C[C@H]1O[C@H](c2cccc(OC)c2C)c2cc(Cl)ccc2-n2c1nnc2C(C)(C)F. The van der Waals surface area contributed by atoms with E-state index in [0.717, 1.165) is 11.1 Å². The van der Waals surface area contributed by atoms with Crippen LogP contribution in [0.25, 0.3) is 5.69 Å². The normalized spacial score (nSPS) is 17.5. The largest absolute Gasteiger partial charge is 0.496 e. The second kappa shape index (κ2) is 9.35. The zero-order chi connectivity index (χ0) is 24.6. The number of carbonyl (C=O) groups is 1. The molecule has 0 saturated heterocycles. The van der Waals surface area contributed by atoms with E-state index in [2.05, 4.69) is 10.2 Å². The Balaban J connectivity index is 1.98. The maximum atomic E-state index is 15.2. The Morgan fingerprint density at radius 2 is 2.00 bits per heavy atom. The van der Waals surface area contributed by atoms with Gasteiger partial charge in [-0.3, -0.25) is 9.36 Å². The predicted molar refractivity (Wildman–Crippen MR) is 125 cm³/mol. The van der Waals surface area contributed by atoms with Crippen molar-refractivity contribution in [3.05, 3.63) is 69.8 Å². The molecule has 4 rings (SSSR count). The lowest BCUT2D eigenvalue weighted by atomic mass is 9.95. The van der Waals surface area contributed by atoms with Gasteiger partial charge in [0, 0.05) is 10.6 Å². The minimum atomic E-state index is -1.80. The monoisotopic (exact) mass is 487 g/mol. The molecule has 0 fully saturated rings. The predicted octanol–water partition coefficient (Wildman–Crippen LogP) is 5.56. The average molecular weight is 488 g/mol. The van der Waals surface area contributed by atoms with E-state index in [4.69, 9.17) is 25.8 Å². The van der Waals surface area contributed by atoms with Crippen molar-refractivity contribution in [3.63, 3.8) is 0 Å². The van der Waals surface area contributed by atoms with Crippen LogP contribution in [-0.2, 0) is 19.9 Å². The lowest BCUT2D eigenvalue weighted by molar-refractivity contribution is -0.147. The number of fused-ring (bicyclic) bond motifs is 3. The van der Waals surface area contributed by atoms with E-state index in [1.807, 2.05) is 25.1 Å². The Bertz CT molecular complexity index is 1220. The van der Waals surface area contributed by atoms with Crippen LogP contribution in [0.3, 0.4) is 0 Å². The van der Waals surface area contributed by atoms with Gasteiger partial charge in [-0.15, -0.1) is 10.2 Å². The van der Waals surface area contributed by atoms with Crippen molar-refractivity contribution < 1.29 is 23.4 Å². The van der Waals surface area contributed by atoms with Gasteiger partial charge in [-0.2, -0.15) is 0 Å². The minimum absolute atomic E-state index is 0.103. The van der Waals surface area contributed by atoms with E-state index in [-0.39, 0.29) is 18.9 Å². The van der Waals surface area contributed by atoms with Crippen molar-refractivity contribution >= 4 is 17.6 Å². The van der Waals surface area contributed by atoms with Crippen molar-refractivity contribution in [2.24, 2.45) is 0 Å². The molecule has 180 valence electrons. The zero-order valence-electron chi connectivity index (χ0n) is 19.8. The molecule has 0 bridgehead atoms. The molecule has 7 nitrogen and oxygen atoms in total. The van der Waals surface area contributed by atoms with Gasteiger partial charge in [-0.05, 0) is 63.1 Å². The van der Waals surface area contributed by atoms with Crippen molar-refractivity contribution in [1.82, 2.24) is 14.8 Å². The first-order valence-corrected chi connectivity index (χ1v) is 11.4. The number of rotatable bonds is 6. The van der Waals surface area contributed by atoms with E-state index < -0.39 is 23.8 Å². The molecule has 3 aromatic rings. The highest BCUT2D eigenvalue weighted by Gasteiger charge is 2.39. The van der Waals surface area contributed by atoms with Crippen LogP contribution in [0.4, 0.5) is 4.39 Å². The Morgan fingerprint density at radius 1 is 1.24 bits per heavy atom. The highest BCUT2D eigenvalue weighted by molar-refractivity contribution is 6.30. The van der Waals surface area contributed by atoms with Crippen LogP contribution in [0.5, 0.6) is 5.75 Å². The van der Waals surface area contributed by atoms with Gasteiger partial charge in [0.25, 0.3) is 0 Å². The third kappa shape index (κ3) is 4.40. The van der Waals surface area contributed by atoms with Crippen LogP contribution in [0.15, 0.2) is 36.4 Å². The first-order chi connectivity index (χ1) is 16.2. The standard InChI is InChI=1S/C25H27ClFN3O4/c1-6-33-21(31)13-20-23-28-29-24(25(3,4)27)30(23)18-11-10-15(26)12-17(18)22(34-20)16-8-7-9-19(32-5)14(16)2/h7-12,20,22H,6,13H2,1-5H3/t20-,22-/m1/s1. The van der Waals surface area contributed by atoms with Crippen LogP contribution in [0.1, 0.15) is 67.7 Å². The number of methoxy groups -OCH3 is 1. The summed E-state index contributed by atoms with van der Waals surface area (Å²) >= 11 is 6.40. The minimum Gasteiger partial charge on any atom is -0.496 e. The van der Waals surface area contributed by atoms with Crippen LogP contribution >= 0.6 is 11.6 Å². The van der Waals surface area contributed by atoms with Crippen LogP contribution in [0.2, 0.25) is 5.02 Å². The van der Waals surface area contributed by atoms with E-state index in [1.165, 1.54) is 13.8 Å². The number of hydrogen-bond donors (Lipinski definition) is 0. The topological polar surface area (TPSA) is 75.5 Å². The molecule has 34 heavy (non-hydrogen) atoms. The third-order valence-electron chi connectivity index (χ3n) is 5.81. The second-order valence-electron chi connectivity index (χ2n) is 8.58. The van der Waals surface area contributed by atoms with Crippen molar-refractivity contribution in [2.45, 2.75) is 52.0 Å². The number of halogens is 2. The molecule has 0 amide bonds. The summed E-state index contributed by atoms with van der Waals surface area (Å²) in [5.74, 6) is 0.668. The maximum absolute atomic E-state index is 15.2. The fraction of sp³-hybridized carbons (Fsp3) is 0.400. The summed E-state index contributed by atoms with van der Waals surface area (Å²) in [5, 5.41) is 8.89. The molecule has 0 saturated carbocycles. The molecule has 2 heterocycles. The summed E-state index contributed by atoms with van der Waals surface area (Å²) in [6.07, 6.45) is -1.59. The Kier molecular flexibility index (Phi) is 6.64. The summed E-state index contributed by atoms with van der Waals surface area (Å²) < 4.78 is 34.1. The fourth-order valence-corrected chi connectivity index (χ4v) is 4.43. The fourth-order valence-electron chi connectivity index (χ4n) is 4.25. The average Bonchev–Trinajstić information content (AvgIpc) is 3.18. The Labute approximate surface area is 202 Å². The molecule has 1 aliphatic heterocycles. The number of ether oxygens (including phenoxy) is 3. The van der Waals surface area contributed by atoms with Gasteiger partial charge >= 0.3 is 5.97 Å². The lowest BCUT2D eigenvalue weighted by Gasteiger charge is -2.24. The molecular formula is C25H27ClFN3O4. The number of benzene rings is 2. The number of carbonyl (C=O) groups excluding carboxylic acids is 1. The van der Waals surface area contributed by atoms with E-state index in [9.17, 15) is 4.79 Å². The summed E-state index contributed by atoms with van der Waals surface area (Å²) in [6, 6.07) is 11.0. The Hall–Kier alpha value is -2.97. The van der Waals surface area contributed by atoms with E-state index in [1.54, 1.807) is 36.8 Å². The number of alkyl halides is 1. The van der Waals surface area contributed by atoms with Crippen molar-refractivity contribution in [2.75, 3.05) is 13.7 Å². The van der Waals surface area contributed by atoms with Gasteiger partial charge in [-0.1, -0.05) is 23.7 Å². The number of esters is 1. The summed E-state index contributed by atoms with van der Waals surface area (Å²) in [4.78, 5) is 12.5. The Morgan fingerprint density at radius 3 is 2.68 bits per heavy atom. The van der Waals surface area contributed by atoms with Gasteiger partial charge in [0.15, 0.2) is 17.3 Å². The van der Waals surface area contributed by atoms with Crippen LogP contribution < -0.4 is 4.74 Å². The molecule has 1 aromatic heterocycles. The van der Waals surface area contributed by atoms with Gasteiger partial charge < -0.3 is 14.2 Å². The third-order valence-corrected chi connectivity index (χ3v) is 6.04. The second-order valence-corrected chi connectivity index (χ2v) is 9.02. The van der Waals surface area contributed by atoms with Gasteiger partial charge in [0.1, 0.15) is 18.0 Å². The van der Waals surface area contributed by atoms with Crippen LogP contribution in [-0.4, -0.2) is 34.5 Å². The molecule has 0 aliphatic carbocycles. The molecule has 2 aromatic carbocycles. The number of nitrogens with zero attached hydrogens (tertiary/aromatic N) is 3. The lowest BCUT2D eigenvalue weighted by Crippen LogP contribution is -2.19. The molecular weight excluding hydrogens is 461 g/mol. The van der Waals surface area contributed by atoms with Gasteiger partial charge in [-0.25, -0.2) is 4.39 Å². The molecule has 0 radical (unpaired) electrons. The number of hydrogen-bond acceptors (Lipinski definition) is 6. The maximum Gasteiger partial charge on any atom is 0.308 e. The molecule has 2 atom stereocenters. The molecule has 0 N–H and O–H groups in total. The first-order valence-electron chi connectivity index (χ1n) is 11.0. The van der Waals surface area contributed by atoms with Crippen molar-refractivity contribution in [3.8, 4) is 11.4 Å². The molecule has 1 aliphatic rings. The smallest absolute Gasteiger partial charge is 0.308 e.